The lowest BCUT2D eigenvalue weighted by molar-refractivity contribution is 0.0709. The van der Waals surface area contributed by atoms with Crippen LogP contribution in [0.1, 0.15) is 17.3 Å². The van der Waals surface area contributed by atoms with Gasteiger partial charge in [0.1, 0.15) is 11.8 Å². The number of hydrogen-bond donors (Lipinski definition) is 1. The van der Waals surface area contributed by atoms with Crippen LogP contribution in [-0.2, 0) is 0 Å². The third-order valence-corrected chi connectivity index (χ3v) is 4.33. The van der Waals surface area contributed by atoms with Crippen LogP contribution < -0.4 is 5.32 Å². The first-order valence-corrected chi connectivity index (χ1v) is 8.13. The Labute approximate surface area is 140 Å². The smallest absolute Gasteiger partial charge is 0.255 e. The molecule has 122 valence electrons. The lowest BCUT2D eigenvalue weighted by Crippen LogP contribution is -2.51. The molecule has 3 heterocycles. The number of fused-ring (bicyclic) bond motifs is 1. The molecule has 1 fully saturated rings. The topological polar surface area (TPSA) is 63.1 Å². The quantitative estimate of drug-likeness (QED) is 0.782. The fourth-order valence-electron chi connectivity index (χ4n) is 3.10. The third kappa shape index (κ3) is 2.65. The highest BCUT2D eigenvalue weighted by atomic mass is 16.2. The van der Waals surface area contributed by atoms with Crippen molar-refractivity contribution in [1.29, 1.82) is 0 Å². The SMILES string of the molecule is C[C@@H]1CN(C(=O)c2cnc3c(c2)ncn3-c2ccccc2)CCN1. The highest BCUT2D eigenvalue weighted by molar-refractivity contribution is 5.96. The number of rotatable bonds is 2. The summed E-state index contributed by atoms with van der Waals surface area (Å²) in [5, 5.41) is 3.34. The van der Waals surface area contributed by atoms with E-state index in [0.717, 1.165) is 36.5 Å². The van der Waals surface area contributed by atoms with E-state index in [1.165, 1.54) is 0 Å². The number of hydrogen-bond acceptors (Lipinski definition) is 4. The zero-order valence-electron chi connectivity index (χ0n) is 13.5. The van der Waals surface area contributed by atoms with Crippen molar-refractivity contribution >= 4 is 17.1 Å². The first-order chi connectivity index (χ1) is 11.7. The van der Waals surface area contributed by atoms with E-state index in [1.54, 1.807) is 12.5 Å². The average Bonchev–Trinajstić information content (AvgIpc) is 3.05. The summed E-state index contributed by atoms with van der Waals surface area (Å²) in [6.07, 6.45) is 3.40. The van der Waals surface area contributed by atoms with E-state index in [-0.39, 0.29) is 5.91 Å². The number of carbonyl (C=O) groups is 1. The van der Waals surface area contributed by atoms with E-state index in [4.69, 9.17) is 0 Å². The van der Waals surface area contributed by atoms with Crippen molar-refractivity contribution in [3.8, 4) is 5.69 Å². The maximum Gasteiger partial charge on any atom is 0.255 e. The van der Waals surface area contributed by atoms with Crippen molar-refractivity contribution in [3.63, 3.8) is 0 Å². The fraction of sp³-hybridized carbons (Fsp3) is 0.278. The van der Waals surface area contributed by atoms with E-state index >= 15 is 0 Å². The van der Waals surface area contributed by atoms with Crippen LogP contribution in [-0.4, -0.2) is 51.0 Å². The number of imidazole rings is 1. The number of aromatic nitrogens is 3. The number of para-hydroxylation sites is 1. The lowest BCUT2D eigenvalue weighted by Gasteiger charge is -2.31. The molecule has 0 spiro atoms. The van der Waals surface area contributed by atoms with Crippen molar-refractivity contribution in [2.24, 2.45) is 0 Å². The fourth-order valence-corrected chi connectivity index (χ4v) is 3.10. The average molecular weight is 321 g/mol. The van der Waals surface area contributed by atoms with Crippen LogP contribution in [0.25, 0.3) is 16.9 Å². The second-order valence-corrected chi connectivity index (χ2v) is 6.12. The van der Waals surface area contributed by atoms with E-state index in [1.807, 2.05) is 45.9 Å². The number of carbonyl (C=O) groups excluding carboxylic acids is 1. The first kappa shape index (κ1) is 14.8. The standard InChI is InChI=1S/C18H19N5O/c1-13-11-22(8-7-19-13)18(24)14-9-16-17(20-10-14)23(12-21-16)15-5-3-2-4-6-15/h2-6,9-10,12-13,19H,7-8,11H2,1H3/t13-/m1/s1. The van der Waals surface area contributed by atoms with Gasteiger partial charge in [-0.3, -0.25) is 9.36 Å². The number of nitrogens with zero attached hydrogens (tertiary/aromatic N) is 4. The molecule has 4 rings (SSSR count). The molecule has 1 amide bonds. The zero-order chi connectivity index (χ0) is 16.5. The van der Waals surface area contributed by atoms with Gasteiger partial charge < -0.3 is 10.2 Å². The normalized spacial score (nSPS) is 18.0. The Balaban J connectivity index is 1.66. The number of amides is 1. The molecule has 1 aromatic carbocycles. The van der Waals surface area contributed by atoms with Gasteiger partial charge in [0.25, 0.3) is 5.91 Å². The highest BCUT2D eigenvalue weighted by Crippen LogP contribution is 2.18. The molecule has 0 radical (unpaired) electrons. The van der Waals surface area contributed by atoms with E-state index in [2.05, 4.69) is 22.2 Å². The molecule has 0 unspecified atom stereocenters. The molecule has 0 saturated carbocycles. The minimum Gasteiger partial charge on any atom is -0.336 e. The van der Waals surface area contributed by atoms with Gasteiger partial charge in [0.05, 0.1) is 5.56 Å². The number of nitrogens with one attached hydrogen (secondary N) is 1. The minimum atomic E-state index is 0.0204. The summed E-state index contributed by atoms with van der Waals surface area (Å²) in [7, 11) is 0. The van der Waals surface area contributed by atoms with Gasteiger partial charge >= 0.3 is 0 Å². The summed E-state index contributed by atoms with van der Waals surface area (Å²) in [6.45, 7) is 4.35. The molecular weight excluding hydrogens is 302 g/mol. The number of benzene rings is 1. The number of piperazine rings is 1. The Morgan fingerprint density at radius 3 is 2.88 bits per heavy atom. The highest BCUT2D eigenvalue weighted by Gasteiger charge is 2.22. The van der Waals surface area contributed by atoms with Crippen LogP contribution in [0, 0.1) is 0 Å². The Bertz CT molecular complexity index is 874. The van der Waals surface area contributed by atoms with Crippen LogP contribution in [0.5, 0.6) is 0 Å². The molecule has 1 atom stereocenters. The molecule has 0 aliphatic carbocycles. The maximum atomic E-state index is 12.7. The molecule has 1 aliphatic rings. The molecule has 0 bridgehead atoms. The summed E-state index contributed by atoms with van der Waals surface area (Å²) >= 11 is 0. The van der Waals surface area contributed by atoms with Crippen molar-refractivity contribution in [1.82, 2.24) is 24.8 Å². The van der Waals surface area contributed by atoms with E-state index in [0.29, 0.717) is 11.6 Å². The van der Waals surface area contributed by atoms with Gasteiger partial charge in [-0.2, -0.15) is 0 Å². The van der Waals surface area contributed by atoms with Crippen molar-refractivity contribution < 1.29 is 4.79 Å². The largest absolute Gasteiger partial charge is 0.336 e. The Kier molecular flexibility index (Phi) is 3.74. The van der Waals surface area contributed by atoms with Crippen molar-refractivity contribution in [2.45, 2.75) is 13.0 Å². The summed E-state index contributed by atoms with van der Waals surface area (Å²) in [4.78, 5) is 23.5. The van der Waals surface area contributed by atoms with Gasteiger partial charge in [0.15, 0.2) is 5.65 Å². The monoisotopic (exact) mass is 321 g/mol. The minimum absolute atomic E-state index is 0.0204. The molecular formula is C18H19N5O. The Morgan fingerprint density at radius 1 is 1.25 bits per heavy atom. The van der Waals surface area contributed by atoms with E-state index in [9.17, 15) is 4.79 Å². The van der Waals surface area contributed by atoms with Crippen molar-refractivity contribution in [2.75, 3.05) is 19.6 Å². The molecule has 2 aromatic heterocycles. The number of pyridine rings is 1. The van der Waals surface area contributed by atoms with Gasteiger partial charge in [-0.15, -0.1) is 0 Å². The van der Waals surface area contributed by atoms with Crippen molar-refractivity contribution in [3.05, 3.63) is 54.5 Å². The van der Waals surface area contributed by atoms with E-state index < -0.39 is 0 Å². The molecule has 6 heteroatoms. The van der Waals surface area contributed by atoms with Crippen LogP contribution in [0.4, 0.5) is 0 Å². The molecule has 3 aromatic rings. The van der Waals surface area contributed by atoms with Crippen LogP contribution in [0.15, 0.2) is 48.9 Å². The maximum absolute atomic E-state index is 12.7. The van der Waals surface area contributed by atoms with Crippen LogP contribution in [0.3, 0.4) is 0 Å². The molecule has 6 nitrogen and oxygen atoms in total. The molecule has 1 N–H and O–H groups in total. The summed E-state index contributed by atoms with van der Waals surface area (Å²) in [6, 6.07) is 12.1. The van der Waals surface area contributed by atoms with Gasteiger partial charge in [0.2, 0.25) is 0 Å². The second-order valence-electron chi connectivity index (χ2n) is 6.12. The van der Waals surface area contributed by atoms with Gasteiger partial charge in [-0.05, 0) is 25.1 Å². The summed E-state index contributed by atoms with van der Waals surface area (Å²) in [5.41, 5.74) is 3.08. The summed E-state index contributed by atoms with van der Waals surface area (Å²) < 4.78 is 1.93. The predicted octanol–water partition coefficient (Wildman–Crippen LogP) is 1.85. The Morgan fingerprint density at radius 2 is 2.08 bits per heavy atom. The second kappa shape index (κ2) is 6.05. The predicted molar refractivity (Wildman–Crippen MR) is 92.2 cm³/mol. The van der Waals surface area contributed by atoms with Gasteiger partial charge in [0, 0.05) is 37.6 Å². The molecule has 24 heavy (non-hydrogen) atoms. The van der Waals surface area contributed by atoms with Gasteiger partial charge in [-0.1, -0.05) is 18.2 Å². The first-order valence-electron chi connectivity index (χ1n) is 8.13. The Hall–Kier alpha value is -2.73. The zero-order valence-corrected chi connectivity index (χ0v) is 13.5. The lowest BCUT2D eigenvalue weighted by atomic mass is 10.2. The van der Waals surface area contributed by atoms with Crippen LogP contribution in [0.2, 0.25) is 0 Å². The summed E-state index contributed by atoms with van der Waals surface area (Å²) in [5.74, 6) is 0.0204. The molecule has 1 aliphatic heterocycles. The third-order valence-electron chi connectivity index (χ3n) is 4.33. The van der Waals surface area contributed by atoms with Gasteiger partial charge in [-0.25, -0.2) is 9.97 Å². The van der Waals surface area contributed by atoms with Crippen LogP contribution >= 0.6 is 0 Å². The molecule has 1 saturated heterocycles.